The van der Waals surface area contributed by atoms with Crippen molar-refractivity contribution in [2.75, 3.05) is 0 Å². The highest BCUT2D eigenvalue weighted by Crippen LogP contribution is 2.30. The van der Waals surface area contributed by atoms with Crippen molar-refractivity contribution >= 4 is 16.7 Å². The van der Waals surface area contributed by atoms with E-state index in [1.807, 2.05) is 19.1 Å². The average Bonchev–Trinajstić information content (AvgIpc) is 2.80. The monoisotopic (exact) mass is 333 g/mol. The highest BCUT2D eigenvalue weighted by atomic mass is 19.4. The smallest absolute Gasteiger partial charge is 0.406 e. The van der Waals surface area contributed by atoms with Gasteiger partial charge in [0.1, 0.15) is 5.75 Å². The molecule has 0 bridgehead atoms. The summed E-state index contributed by atoms with van der Waals surface area (Å²) in [7, 11) is 0. The second-order valence-corrected chi connectivity index (χ2v) is 5.58. The Bertz CT molecular complexity index is 908. The topological polar surface area (TPSA) is 42.1 Å². The van der Waals surface area contributed by atoms with Gasteiger partial charge in [0.05, 0.1) is 11.1 Å². The highest BCUT2D eigenvalue weighted by Gasteiger charge is 2.31. The first-order valence-corrected chi connectivity index (χ1v) is 7.24. The average molecular weight is 333 g/mol. The molecule has 2 aromatic carbocycles. The summed E-state index contributed by atoms with van der Waals surface area (Å²) in [5.74, 6) is -0.506. The predicted molar refractivity (Wildman–Crippen MR) is 84.3 cm³/mol. The van der Waals surface area contributed by atoms with E-state index in [1.165, 1.54) is 18.2 Å². The van der Waals surface area contributed by atoms with Crippen molar-refractivity contribution in [2.24, 2.45) is 0 Å². The third-order valence-corrected chi connectivity index (χ3v) is 3.73. The van der Waals surface area contributed by atoms with Crippen LogP contribution in [0, 0.1) is 13.8 Å². The van der Waals surface area contributed by atoms with Crippen molar-refractivity contribution in [2.45, 2.75) is 20.2 Å². The van der Waals surface area contributed by atoms with Gasteiger partial charge in [-0.2, -0.15) is 0 Å². The van der Waals surface area contributed by atoms with Gasteiger partial charge in [0.25, 0.3) is 0 Å². The van der Waals surface area contributed by atoms with Crippen LogP contribution in [0.25, 0.3) is 10.9 Å². The largest absolute Gasteiger partial charge is 0.573 e. The van der Waals surface area contributed by atoms with E-state index in [1.54, 1.807) is 19.1 Å². The standard InChI is InChI=1S/C18H14F3NO2/c1-10-3-5-12(6-4-10)17(23)16-11(2)22-15-9-13(7-8-14(15)16)24-18(19,20)21/h3-9,22H,1-2H3. The molecule has 1 heterocycles. The zero-order chi connectivity index (χ0) is 17.5. The van der Waals surface area contributed by atoms with Gasteiger partial charge < -0.3 is 9.72 Å². The molecule has 0 radical (unpaired) electrons. The fraction of sp³-hybridized carbons (Fsp3) is 0.167. The highest BCUT2D eigenvalue weighted by molar-refractivity contribution is 6.17. The predicted octanol–water partition coefficient (Wildman–Crippen LogP) is 4.91. The lowest BCUT2D eigenvalue weighted by atomic mass is 9.99. The van der Waals surface area contributed by atoms with Crippen LogP contribution in [-0.2, 0) is 0 Å². The second kappa shape index (κ2) is 5.70. The lowest BCUT2D eigenvalue weighted by Crippen LogP contribution is -2.16. The molecular formula is C18H14F3NO2. The van der Waals surface area contributed by atoms with Crippen molar-refractivity contribution in [3.63, 3.8) is 0 Å². The van der Waals surface area contributed by atoms with Crippen molar-refractivity contribution in [1.29, 1.82) is 0 Å². The molecule has 0 saturated carbocycles. The van der Waals surface area contributed by atoms with Gasteiger partial charge in [-0.15, -0.1) is 13.2 Å². The zero-order valence-electron chi connectivity index (χ0n) is 13.0. The number of fused-ring (bicyclic) bond motifs is 1. The summed E-state index contributed by atoms with van der Waals surface area (Å²) in [6, 6.07) is 11.0. The summed E-state index contributed by atoms with van der Waals surface area (Å²) in [5, 5.41) is 0.563. The van der Waals surface area contributed by atoms with Crippen LogP contribution in [0.3, 0.4) is 0 Å². The molecule has 0 aliphatic rings. The molecule has 0 unspecified atom stereocenters. The Kier molecular flexibility index (Phi) is 3.83. The normalized spacial score (nSPS) is 11.7. The Hall–Kier alpha value is -2.76. The Balaban J connectivity index is 2.04. The Morgan fingerprint density at radius 2 is 1.71 bits per heavy atom. The van der Waals surface area contributed by atoms with Crippen molar-refractivity contribution in [1.82, 2.24) is 4.98 Å². The molecule has 3 nitrogen and oxygen atoms in total. The number of nitrogens with one attached hydrogen (secondary N) is 1. The van der Waals surface area contributed by atoms with Crippen LogP contribution in [0.1, 0.15) is 27.2 Å². The van der Waals surface area contributed by atoms with Crippen LogP contribution < -0.4 is 4.74 Å². The van der Waals surface area contributed by atoms with E-state index >= 15 is 0 Å². The van der Waals surface area contributed by atoms with Crippen LogP contribution in [0.4, 0.5) is 13.2 Å². The number of aryl methyl sites for hydroxylation is 2. The lowest BCUT2D eigenvalue weighted by molar-refractivity contribution is -0.274. The Morgan fingerprint density at radius 1 is 1.04 bits per heavy atom. The molecule has 0 spiro atoms. The molecule has 0 aliphatic carbocycles. The molecule has 0 atom stereocenters. The number of halogens is 3. The summed E-state index contributed by atoms with van der Waals surface area (Å²) in [5.41, 5.74) is 3.04. The number of carbonyl (C=O) groups excluding carboxylic acids is 1. The number of H-pyrrole nitrogens is 1. The maximum Gasteiger partial charge on any atom is 0.573 e. The van der Waals surface area contributed by atoms with Gasteiger partial charge in [-0.3, -0.25) is 4.79 Å². The number of aromatic amines is 1. The van der Waals surface area contributed by atoms with E-state index in [0.29, 0.717) is 27.7 Å². The molecular weight excluding hydrogens is 319 g/mol. The van der Waals surface area contributed by atoms with Crippen LogP contribution in [0.15, 0.2) is 42.5 Å². The summed E-state index contributed by atoms with van der Waals surface area (Å²) < 4.78 is 40.9. The number of hydrogen-bond acceptors (Lipinski definition) is 2. The molecule has 3 rings (SSSR count). The number of benzene rings is 2. The summed E-state index contributed by atoms with van der Waals surface area (Å²) in [6.07, 6.45) is -4.75. The Labute approximate surface area is 136 Å². The van der Waals surface area contributed by atoms with E-state index in [-0.39, 0.29) is 11.5 Å². The van der Waals surface area contributed by atoms with Gasteiger partial charge in [-0.05, 0) is 26.0 Å². The minimum absolute atomic E-state index is 0.178. The van der Waals surface area contributed by atoms with E-state index in [4.69, 9.17) is 0 Å². The molecule has 124 valence electrons. The van der Waals surface area contributed by atoms with Gasteiger partial charge in [-0.1, -0.05) is 29.8 Å². The van der Waals surface area contributed by atoms with Crippen molar-refractivity contribution in [3.8, 4) is 5.75 Å². The van der Waals surface area contributed by atoms with Gasteiger partial charge in [0, 0.05) is 22.7 Å². The fourth-order valence-corrected chi connectivity index (χ4v) is 2.65. The van der Waals surface area contributed by atoms with E-state index < -0.39 is 6.36 Å². The number of hydrogen-bond donors (Lipinski definition) is 1. The molecule has 0 fully saturated rings. The summed E-state index contributed by atoms with van der Waals surface area (Å²) in [6.45, 7) is 3.64. The molecule has 3 aromatic rings. The van der Waals surface area contributed by atoms with Gasteiger partial charge in [-0.25, -0.2) is 0 Å². The summed E-state index contributed by atoms with van der Waals surface area (Å²) in [4.78, 5) is 15.7. The first-order valence-electron chi connectivity index (χ1n) is 7.24. The third-order valence-electron chi connectivity index (χ3n) is 3.73. The second-order valence-electron chi connectivity index (χ2n) is 5.58. The first kappa shape index (κ1) is 16.1. The number of ether oxygens (including phenoxy) is 1. The molecule has 1 N–H and O–H groups in total. The number of rotatable bonds is 3. The first-order chi connectivity index (χ1) is 11.2. The van der Waals surface area contributed by atoms with Gasteiger partial charge >= 0.3 is 6.36 Å². The number of carbonyl (C=O) groups is 1. The molecule has 6 heteroatoms. The van der Waals surface area contributed by atoms with Crippen LogP contribution in [0.2, 0.25) is 0 Å². The Morgan fingerprint density at radius 3 is 2.33 bits per heavy atom. The molecule has 0 amide bonds. The zero-order valence-corrected chi connectivity index (χ0v) is 13.0. The SMILES string of the molecule is Cc1ccc(C(=O)c2c(C)[nH]c3cc(OC(F)(F)F)ccc23)cc1. The van der Waals surface area contributed by atoms with E-state index in [0.717, 1.165) is 5.56 Å². The molecule has 0 saturated heterocycles. The van der Waals surface area contributed by atoms with Crippen molar-refractivity contribution < 1.29 is 22.7 Å². The third kappa shape index (κ3) is 3.13. The minimum Gasteiger partial charge on any atom is -0.406 e. The molecule has 1 aromatic heterocycles. The summed E-state index contributed by atoms with van der Waals surface area (Å²) >= 11 is 0. The van der Waals surface area contributed by atoms with Crippen LogP contribution in [-0.4, -0.2) is 17.1 Å². The van der Waals surface area contributed by atoms with Gasteiger partial charge in [0.2, 0.25) is 0 Å². The lowest BCUT2D eigenvalue weighted by Gasteiger charge is -2.08. The van der Waals surface area contributed by atoms with Gasteiger partial charge in [0.15, 0.2) is 5.78 Å². The van der Waals surface area contributed by atoms with E-state index in [2.05, 4.69) is 9.72 Å². The fourth-order valence-electron chi connectivity index (χ4n) is 2.65. The molecule has 0 aliphatic heterocycles. The quantitative estimate of drug-likeness (QED) is 0.692. The van der Waals surface area contributed by atoms with Crippen LogP contribution in [0.5, 0.6) is 5.75 Å². The van der Waals surface area contributed by atoms with E-state index in [9.17, 15) is 18.0 Å². The maximum atomic E-state index is 12.7. The maximum absolute atomic E-state index is 12.7. The number of alkyl halides is 3. The van der Waals surface area contributed by atoms with Crippen LogP contribution >= 0.6 is 0 Å². The van der Waals surface area contributed by atoms with Crippen molar-refractivity contribution in [3.05, 3.63) is 64.8 Å². The number of ketones is 1. The number of aromatic nitrogens is 1. The molecule has 24 heavy (non-hydrogen) atoms. The minimum atomic E-state index is -4.75.